The summed E-state index contributed by atoms with van der Waals surface area (Å²) in [5.74, 6) is 1.90. The van der Waals surface area contributed by atoms with Gasteiger partial charge in [-0.2, -0.15) is 0 Å². The summed E-state index contributed by atoms with van der Waals surface area (Å²) in [5, 5.41) is 0. The molecule has 0 bridgehead atoms. The first kappa shape index (κ1) is 12.0. The second kappa shape index (κ2) is 7.64. The van der Waals surface area contributed by atoms with Gasteiger partial charge in [0.15, 0.2) is 0 Å². The second-order valence-corrected chi connectivity index (χ2v) is 4.38. The molecule has 0 aliphatic heterocycles. The molecule has 0 saturated heterocycles. The Morgan fingerprint density at radius 1 is 0.833 bits per heavy atom. The second-order valence-electron chi connectivity index (χ2n) is 4.38. The number of hydrogen-bond acceptors (Lipinski definition) is 0. The van der Waals surface area contributed by atoms with Crippen LogP contribution in [-0.2, 0) is 0 Å². The molecule has 0 nitrogen and oxygen atoms in total. The monoisotopic (exact) mass is 170 g/mol. The Hall–Kier alpha value is 0. The summed E-state index contributed by atoms with van der Waals surface area (Å²) in [5.41, 5.74) is 0. The van der Waals surface area contributed by atoms with Crippen LogP contribution in [0.5, 0.6) is 0 Å². The smallest absolute Gasteiger partial charge is 0.0440 e. The van der Waals surface area contributed by atoms with Crippen molar-refractivity contribution in [2.24, 2.45) is 11.8 Å². The molecular formula is C12H26. The predicted octanol–water partition coefficient (Wildman–Crippen LogP) is 4.64. The molecule has 0 aliphatic carbocycles. The lowest BCUT2D eigenvalue weighted by atomic mass is 9.91. The van der Waals surface area contributed by atoms with Crippen molar-refractivity contribution in [2.75, 3.05) is 0 Å². The fraction of sp³-hybridized carbons (Fsp3) is 1.00. The summed E-state index contributed by atoms with van der Waals surface area (Å²) < 4.78 is 0. The number of hydrogen-bond donors (Lipinski definition) is 0. The van der Waals surface area contributed by atoms with Crippen molar-refractivity contribution < 1.29 is 0 Å². The standard InChI is InChI=1S/C12H26/c1-5-7-9-12(4)10-11(3)8-6-2/h11-12H,5-10H2,1-4H3. The van der Waals surface area contributed by atoms with Crippen LogP contribution >= 0.6 is 0 Å². The van der Waals surface area contributed by atoms with Crippen LogP contribution < -0.4 is 0 Å². The van der Waals surface area contributed by atoms with E-state index in [1.165, 1.54) is 38.5 Å². The third kappa shape index (κ3) is 6.69. The average Bonchev–Trinajstić information content (AvgIpc) is 2.01. The van der Waals surface area contributed by atoms with Gasteiger partial charge >= 0.3 is 0 Å². The van der Waals surface area contributed by atoms with Gasteiger partial charge in [-0.25, -0.2) is 0 Å². The van der Waals surface area contributed by atoms with Crippen molar-refractivity contribution in [2.45, 2.75) is 66.2 Å². The summed E-state index contributed by atoms with van der Waals surface area (Å²) in [4.78, 5) is 0. The van der Waals surface area contributed by atoms with Gasteiger partial charge in [0.1, 0.15) is 0 Å². The van der Waals surface area contributed by atoms with Gasteiger partial charge in [-0.1, -0.05) is 59.8 Å². The fourth-order valence-corrected chi connectivity index (χ4v) is 1.97. The Bertz CT molecular complexity index is 86.0. The van der Waals surface area contributed by atoms with Gasteiger partial charge in [-0.3, -0.25) is 0 Å². The summed E-state index contributed by atoms with van der Waals surface area (Å²) in [6, 6.07) is 0. The van der Waals surface area contributed by atoms with Crippen molar-refractivity contribution in [3.8, 4) is 0 Å². The van der Waals surface area contributed by atoms with Crippen molar-refractivity contribution in [1.29, 1.82) is 0 Å². The van der Waals surface area contributed by atoms with Crippen LogP contribution in [0.1, 0.15) is 66.2 Å². The summed E-state index contributed by atoms with van der Waals surface area (Å²) in [7, 11) is 0. The lowest BCUT2D eigenvalue weighted by molar-refractivity contribution is 0.368. The molecule has 0 heteroatoms. The highest BCUT2D eigenvalue weighted by Gasteiger charge is 2.06. The lowest BCUT2D eigenvalue weighted by Gasteiger charge is -2.15. The van der Waals surface area contributed by atoms with Gasteiger partial charge < -0.3 is 0 Å². The topological polar surface area (TPSA) is 0 Å². The zero-order valence-corrected chi connectivity index (χ0v) is 9.40. The van der Waals surface area contributed by atoms with E-state index in [2.05, 4.69) is 27.7 Å². The zero-order chi connectivity index (χ0) is 9.40. The fourth-order valence-electron chi connectivity index (χ4n) is 1.97. The average molecular weight is 170 g/mol. The highest BCUT2D eigenvalue weighted by Crippen LogP contribution is 2.20. The molecule has 2 atom stereocenters. The van der Waals surface area contributed by atoms with E-state index in [0.717, 1.165) is 11.8 Å². The number of unbranched alkanes of at least 4 members (excludes halogenated alkanes) is 1. The van der Waals surface area contributed by atoms with Crippen molar-refractivity contribution in [3.63, 3.8) is 0 Å². The number of rotatable bonds is 7. The van der Waals surface area contributed by atoms with Crippen molar-refractivity contribution >= 4 is 0 Å². The van der Waals surface area contributed by atoms with Gasteiger partial charge in [0.05, 0.1) is 0 Å². The molecule has 0 spiro atoms. The summed E-state index contributed by atoms with van der Waals surface area (Å²) >= 11 is 0. The zero-order valence-electron chi connectivity index (χ0n) is 9.40. The Balaban J connectivity index is 3.33. The molecule has 0 rings (SSSR count). The summed E-state index contributed by atoms with van der Waals surface area (Å²) in [6.45, 7) is 9.36. The Labute approximate surface area is 78.8 Å². The maximum atomic E-state index is 2.40. The highest BCUT2D eigenvalue weighted by molar-refractivity contribution is 4.59. The van der Waals surface area contributed by atoms with E-state index in [-0.39, 0.29) is 0 Å². The van der Waals surface area contributed by atoms with Gasteiger partial charge in [0.25, 0.3) is 0 Å². The van der Waals surface area contributed by atoms with E-state index < -0.39 is 0 Å². The predicted molar refractivity (Wildman–Crippen MR) is 57.4 cm³/mol. The van der Waals surface area contributed by atoms with Crippen LogP contribution in [0.25, 0.3) is 0 Å². The Kier molecular flexibility index (Phi) is 7.64. The quantitative estimate of drug-likeness (QED) is 0.522. The SMILES string of the molecule is CCCCC(C)CC(C)CCC. The highest BCUT2D eigenvalue weighted by atomic mass is 14.1. The molecule has 0 aromatic carbocycles. The Morgan fingerprint density at radius 2 is 1.42 bits per heavy atom. The van der Waals surface area contributed by atoms with Crippen LogP contribution in [0, 0.1) is 11.8 Å². The largest absolute Gasteiger partial charge is 0.0654 e. The van der Waals surface area contributed by atoms with Crippen LogP contribution in [0.2, 0.25) is 0 Å². The van der Waals surface area contributed by atoms with Crippen molar-refractivity contribution in [3.05, 3.63) is 0 Å². The molecule has 12 heavy (non-hydrogen) atoms. The molecule has 74 valence electrons. The van der Waals surface area contributed by atoms with E-state index >= 15 is 0 Å². The Morgan fingerprint density at radius 3 is 1.92 bits per heavy atom. The van der Waals surface area contributed by atoms with Crippen LogP contribution in [0.4, 0.5) is 0 Å². The maximum Gasteiger partial charge on any atom is -0.0440 e. The minimum atomic E-state index is 0.946. The molecular weight excluding hydrogens is 144 g/mol. The molecule has 0 aromatic rings. The lowest BCUT2D eigenvalue weighted by Crippen LogP contribution is -2.02. The van der Waals surface area contributed by atoms with E-state index in [9.17, 15) is 0 Å². The first-order valence-corrected chi connectivity index (χ1v) is 5.70. The van der Waals surface area contributed by atoms with Gasteiger partial charge in [0, 0.05) is 0 Å². The van der Waals surface area contributed by atoms with Gasteiger partial charge in [-0.05, 0) is 18.3 Å². The first-order chi connectivity index (χ1) is 5.70. The van der Waals surface area contributed by atoms with E-state index in [1.54, 1.807) is 0 Å². The summed E-state index contributed by atoms with van der Waals surface area (Å²) in [6.07, 6.45) is 8.41. The maximum absolute atomic E-state index is 2.40. The van der Waals surface area contributed by atoms with Crippen LogP contribution in [0.3, 0.4) is 0 Å². The molecule has 0 radical (unpaired) electrons. The minimum Gasteiger partial charge on any atom is -0.0654 e. The first-order valence-electron chi connectivity index (χ1n) is 5.70. The normalized spacial score (nSPS) is 16.0. The van der Waals surface area contributed by atoms with Gasteiger partial charge in [-0.15, -0.1) is 0 Å². The van der Waals surface area contributed by atoms with Crippen molar-refractivity contribution in [1.82, 2.24) is 0 Å². The molecule has 0 heterocycles. The van der Waals surface area contributed by atoms with E-state index in [0.29, 0.717) is 0 Å². The molecule has 0 fully saturated rings. The molecule has 0 N–H and O–H groups in total. The van der Waals surface area contributed by atoms with Crippen LogP contribution in [-0.4, -0.2) is 0 Å². The molecule has 0 amide bonds. The molecule has 2 unspecified atom stereocenters. The van der Waals surface area contributed by atoms with E-state index in [4.69, 9.17) is 0 Å². The van der Waals surface area contributed by atoms with Gasteiger partial charge in [0.2, 0.25) is 0 Å². The minimum absolute atomic E-state index is 0.946. The third-order valence-corrected chi connectivity index (χ3v) is 2.64. The molecule has 0 aromatic heterocycles. The molecule has 0 aliphatic rings. The third-order valence-electron chi connectivity index (χ3n) is 2.64. The van der Waals surface area contributed by atoms with E-state index in [1.807, 2.05) is 0 Å². The molecule has 0 saturated carbocycles. The van der Waals surface area contributed by atoms with Crippen LogP contribution in [0.15, 0.2) is 0 Å².